The van der Waals surface area contributed by atoms with Crippen LogP contribution < -0.4 is 10.1 Å². The molecule has 10 heteroatoms. The van der Waals surface area contributed by atoms with Crippen LogP contribution in [0, 0.1) is 0 Å². The largest absolute Gasteiger partial charge is 0.492 e. The van der Waals surface area contributed by atoms with Gasteiger partial charge in [-0.3, -0.25) is 4.68 Å². The number of carbonyl (C=O) groups is 1. The van der Waals surface area contributed by atoms with Gasteiger partial charge in [0, 0.05) is 21.9 Å². The molecule has 9 nitrogen and oxygen atoms in total. The SMILES string of the molecule is C[C@@H](Cn1ncc2ccc3c(c21)C(N=[N+]=[N-])C(Br)CO3)NC(=O)OCc1ccccc1. The standard InChI is InChI=1S/C21H21BrN6O3/c1-13(25-21(29)31-11-14-5-3-2-4-6-14)10-28-20-15(9-24-28)7-8-17-18(20)19(26-27-23)16(22)12-30-17/h2-9,13,16,19H,10-12H2,1H3,(H,25,29)/t13-,16?,19?/m0/s1. The number of carbonyl (C=O) groups excluding carboxylic acids is 1. The van der Waals surface area contributed by atoms with Gasteiger partial charge in [0.2, 0.25) is 0 Å². The van der Waals surface area contributed by atoms with Gasteiger partial charge in [-0.15, -0.1) is 0 Å². The van der Waals surface area contributed by atoms with Crippen LogP contribution in [0.2, 0.25) is 0 Å². The van der Waals surface area contributed by atoms with Crippen LogP contribution in [0.4, 0.5) is 4.79 Å². The molecule has 1 aliphatic heterocycles. The quantitative estimate of drug-likeness (QED) is 0.232. The Morgan fingerprint density at radius 2 is 2.23 bits per heavy atom. The molecule has 2 heterocycles. The minimum atomic E-state index is -0.495. The van der Waals surface area contributed by atoms with Crippen molar-refractivity contribution in [3.05, 3.63) is 70.2 Å². The first-order chi connectivity index (χ1) is 15.1. The fraction of sp³-hybridized carbons (Fsp3) is 0.333. The third-order valence-corrected chi connectivity index (χ3v) is 5.80. The summed E-state index contributed by atoms with van der Waals surface area (Å²) in [5.41, 5.74) is 11.6. The summed E-state index contributed by atoms with van der Waals surface area (Å²) in [5, 5.41) is 12.2. The average Bonchev–Trinajstić information content (AvgIpc) is 3.17. The minimum Gasteiger partial charge on any atom is -0.492 e. The number of halogens is 1. The van der Waals surface area contributed by atoms with Crippen LogP contribution in [0.25, 0.3) is 21.3 Å². The molecule has 0 fully saturated rings. The molecule has 0 bridgehead atoms. The van der Waals surface area contributed by atoms with Gasteiger partial charge in [0.15, 0.2) is 0 Å². The van der Waals surface area contributed by atoms with Crippen molar-refractivity contribution in [3.63, 3.8) is 0 Å². The van der Waals surface area contributed by atoms with Crippen molar-refractivity contribution in [2.75, 3.05) is 6.61 Å². The maximum Gasteiger partial charge on any atom is 0.407 e. The van der Waals surface area contributed by atoms with Gasteiger partial charge >= 0.3 is 6.09 Å². The molecule has 1 aliphatic rings. The maximum absolute atomic E-state index is 12.2. The van der Waals surface area contributed by atoms with Gasteiger partial charge in [0.1, 0.15) is 19.0 Å². The fourth-order valence-corrected chi connectivity index (χ4v) is 4.14. The number of hydrogen-bond donors (Lipinski definition) is 1. The number of aromatic nitrogens is 2. The summed E-state index contributed by atoms with van der Waals surface area (Å²) < 4.78 is 12.9. The van der Waals surface area contributed by atoms with Crippen molar-refractivity contribution in [2.45, 2.75) is 37.0 Å². The highest BCUT2D eigenvalue weighted by Gasteiger charge is 2.32. The lowest BCUT2D eigenvalue weighted by molar-refractivity contribution is 0.135. The van der Waals surface area contributed by atoms with Gasteiger partial charge in [-0.25, -0.2) is 4.79 Å². The van der Waals surface area contributed by atoms with Gasteiger partial charge in [-0.2, -0.15) is 5.10 Å². The second-order valence-corrected chi connectivity index (χ2v) is 8.50. The third kappa shape index (κ3) is 4.60. The first-order valence-corrected chi connectivity index (χ1v) is 10.7. The molecule has 1 amide bonds. The van der Waals surface area contributed by atoms with Crippen molar-refractivity contribution in [3.8, 4) is 5.75 Å². The van der Waals surface area contributed by atoms with E-state index < -0.39 is 12.1 Å². The number of rotatable bonds is 6. The average molecular weight is 485 g/mol. The molecule has 0 aliphatic carbocycles. The van der Waals surface area contributed by atoms with Crippen LogP contribution in [-0.4, -0.2) is 33.3 Å². The Morgan fingerprint density at radius 1 is 1.42 bits per heavy atom. The summed E-state index contributed by atoms with van der Waals surface area (Å²) in [4.78, 5) is 15.1. The van der Waals surface area contributed by atoms with E-state index in [1.165, 1.54) is 0 Å². The fourth-order valence-electron chi connectivity index (χ4n) is 3.64. The number of hydrogen-bond acceptors (Lipinski definition) is 5. The number of alkyl halides is 1. The smallest absolute Gasteiger partial charge is 0.407 e. The molecule has 0 saturated carbocycles. The molecule has 2 aromatic carbocycles. The van der Waals surface area contributed by atoms with E-state index in [4.69, 9.17) is 15.0 Å². The summed E-state index contributed by atoms with van der Waals surface area (Å²) in [7, 11) is 0. The highest BCUT2D eigenvalue weighted by Crippen LogP contribution is 2.42. The maximum atomic E-state index is 12.2. The molecule has 3 aromatic rings. The molecular formula is C21H21BrN6O3. The summed E-state index contributed by atoms with van der Waals surface area (Å²) in [6, 6.07) is 12.6. The molecule has 0 spiro atoms. The minimum absolute atomic E-state index is 0.145. The topological polar surface area (TPSA) is 114 Å². The third-order valence-electron chi connectivity index (χ3n) is 5.04. The number of azide groups is 1. The molecule has 2 unspecified atom stereocenters. The van der Waals surface area contributed by atoms with Crippen LogP contribution >= 0.6 is 15.9 Å². The zero-order valence-electron chi connectivity index (χ0n) is 16.8. The second-order valence-electron chi connectivity index (χ2n) is 7.33. The Labute approximate surface area is 187 Å². The summed E-state index contributed by atoms with van der Waals surface area (Å²) in [6.07, 6.45) is 1.26. The highest BCUT2D eigenvalue weighted by molar-refractivity contribution is 9.09. The predicted molar refractivity (Wildman–Crippen MR) is 119 cm³/mol. The number of amides is 1. The first-order valence-electron chi connectivity index (χ1n) is 9.83. The Bertz CT molecular complexity index is 1130. The normalized spacial score (nSPS) is 18.4. The van der Waals surface area contributed by atoms with Crippen LogP contribution in [0.3, 0.4) is 0 Å². The van der Waals surface area contributed by atoms with Crippen molar-refractivity contribution < 1.29 is 14.3 Å². The van der Waals surface area contributed by atoms with E-state index in [1.807, 2.05) is 49.4 Å². The van der Waals surface area contributed by atoms with E-state index >= 15 is 0 Å². The second kappa shape index (κ2) is 9.28. The lowest BCUT2D eigenvalue weighted by Crippen LogP contribution is -2.36. The molecule has 0 radical (unpaired) electrons. The van der Waals surface area contributed by atoms with Gasteiger partial charge in [0.25, 0.3) is 0 Å². The van der Waals surface area contributed by atoms with E-state index in [-0.39, 0.29) is 17.5 Å². The number of fused-ring (bicyclic) bond motifs is 3. The predicted octanol–water partition coefficient (Wildman–Crippen LogP) is 4.86. The van der Waals surface area contributed by atoms with Gasteiger partial charge < -0.3 is 14.8 Å². The summed E-state index contributed by atoms with van der Waals surface area (Å²) >= 11 is 3.55. The van der Waals surface area contributed by atoms with E-state index in [0.29, 0.717) is 18.9 Å². The summed E-state index contributed by atoms with van der Waals surface area (Å²) in [5.74, 6) is 0.672. The molecule has 1 N–H and O–H groups in total. The monoisotopic (exact) mass is 484 g/mol. The van der Waals surface area contributed by atoms with E-state index in [1.54, 1.807) is 10.9 Å². The number of alkyl carbamates (subject to hydrolysis) is 1. The van der Waals surface area contributed by atoms with Gasteiger partial charge in [-0.05, 0) is 30.2 Å². The van der Waals surface area contributed by atoms with E-state index in [9.17, 15) is 4.79 Å². The molecule has 1 aromatic heterocycles. The first kappa shape index (κ1) is 21.0. The molecular weight excluding hydrogens is 464 g/mol. The van der Waals surface area contributed by atoms with Crippen molar-refractivity contribution in [2.24, 2.45) is 5.11 Å². The van der Waals surface area contributed by atoms with Crippen LogP contribution in [0.15, 0.2) is 53.8 Å². The molecule has 0 saturated heterocycles. The van der Waals surface area contributed by atoms with Crippen molar-refractivity contribution in [1.29, 1.82) is 0 Å². The Kier molecular flexibility index (Phi) is 6.29. The van der Waals surface area contributed by atoms with Gasteiger partial charge in [0.05, 0.1) is 29.1 Å². The Balaban J connectivity index is 1.51. The zero-order valence-corrected chi connectivity index (χ0v) is 18.4. The Hall–Kier alpha value is -3.23. The number of benzene rings is 2. The van der Waals surface area contributed by atoms with E-state index in [0.717, 1.165) is 22.0 Å². The zero-order chi connectivity index (χ0) is 21.8. The molecule has 4 rings (SSSR count). The number of ether oxygens (including phenoxy) is 2. The van der Waals surface area contributed by atoms with E-state index in [2.05, 4.69) is 36.4 Å². The number of nitrogens with zero attached hydrogens (tertiary/aromatic N) is 5. The van der Waals surface area contributed by atoms with Crippen LogP contribution in [0.1, 0.15) is 24.1 Å². The van der Waals surface area contributed by atoms with Crippen molar-refractivity contribution in [1.82, 2.24) is 15.1 Å². The summed E-state index contributed by atoms with van der Waals surface area (Å²) in [6.45, 7) is 2.90. The number of nitrogens with one attached hydrogen (secondary N) is 1. The molecule has 31 heavy (non-hydrogen) atoms. The molecule has 160 valence electrons. The van der Waals surface area contributed by atoms with Crippen molar-refractivity contribution >= 4 is 32.9 Å². The van der Waals surface area contributed by atoms with Crippen LogP contribution in [-0.2, 0) is 17.9 Å². The highest BCUT2D eigenvalue weighted by atomic mass is 79.9. The molecule has 3 atom stereocenters. The lowest BCUT2D eigenvalue weighted by atomic mass is 9.98. The van der Waals surface area contributed by atoms with Crippen LogP contribution in [0.5, 0.6) is 5.75 Å². The van der Waals surface area contributed by atoms with Gasteiger partial charge in [-0.1, -0.05) is 51.4 Å². The Morgan fingerprint density at radius 3 is 3.00 bits per heavy atom. The lowest BCUT2D eigenvalue weighted by Gasteiger charge is -2.28.